The Labute approximate surface area is 129 Å². The van der Waals surface area contributed by atoms with Crippen LogP contribution in [-0.2, 0) is 9.59 Å². The van der Waals surface area contributed by atoms with Gasteiger partial charge in [-0.3, -0.25) is 9.59 Å². The van der Waals surface area contributed by atoms with Gasteiger partial charge in [0.25, 0.3) is 5.91 Å². The minimum Gasteiger partial charge on any atom is -0.480 e. The summed E-state index contributed by atoms with van der Waals surface area (Å²) in [6.07, 6.45) is 2.70. The molecular weight excluding hydrogens is 320 g/mol. The summed E-state index contributed by atoms with van der Waals surface area (Å²) in [6.45, 7) is 0. The first-order valence-corrected chi connectivity index (χ1v) is 7.34. The van der Waals surface area contributed by atoms with Gasteiger partial charge in [-0.05, 0) is 12.7 Å². The molecule has 4 N–H and O–H groups in total. The average Bonchev–Trinajstić information content (AvgIpc) is 2.43. The van der Waals surface area contributed by atoms with Crippen LogP contribution in [0.15, 0.2) is 11.4 Å². The molecule has 0 unspecified atom stereocenters. The summed E-state index contributed by atoms with van der Waals surface area (Å²) in [4.78, 5) is 41.6. The fourth-order valence-electron chi connectivity index (χ4n) is 1.38. The summed E-state index contributed by atoms with van der Waals surface area (Å²) < 4.78 is 0. The van der Waals surface area contributed by atoms with Gasteiger partial charge in [-0.2, -0.15) is 0 Å². The number of carboxylic acid groups (broad SMARTS) is 1. The van der Waals surface area contributed by atoms with Crippen LogP contribution in [0.4, 0.5) is 0 Å². The van der Waals surface area contributed by atoms with Crippen LogP contribution < -0.4 is 11.1 Å². The van der Waals surface area contributed by atoms with E-state index < -0.39 is 23.8 Å². The van der Waals surface area contributed by atoms with Crippen LogP contribution in [0.25, 0.3) is 0 Å². The quantitative estimate of drug-likeness (QED) is 0.482. The second-order valence-electron chi connectivity index (χ2n) is 3.92. The number of carbonyl (C=O) groups is 3. The lowest BCUT2D eigenvalue weighted by atomic mass is 10.1. The Hall–Kier alpha value is -1.87. The van der Waals surface area contributed by atoms with Crippen molar-refractivity contribution in [3.05, 3.63) is 16.9 Å². The Balaban J connectivity index is 2.86. The molecule has 0 aliphatic heterocycles. The summed E-state index contributed by atoms with van der Waals surface area (Å²) in [7, 11) is 0. The first kappa shape index (κ1) is 17.2. The van der Waals surface area contributed by atoms with Crippen molar-refractivity contribution < 1.29 is 19.5 Å². The number of nitrogens with two attached hydrogens (primary N) is 1. The highest BCUT2D eigenvalue weighted by Crippen LogP contribution is 2.16. The van der Waals surface area contributed by atoms with Gasteiger partial charge >= 0.3 is 5.97 Å². The number of hydrogen-bond donors (Lipinski definition) is 3. The lowest BCUT2D eigenvalue weighted by Gasteiger charge is -2.14. The van der Waals surface area contributed by atoms with E-state index in [1.807, 2.05) is 0 Å². The van der Waals surface area contributed by atoms with E-state index in [0.29, 0.717) is 5.16 Å². The van der Waals surface area contributed by atoms with E-state index in [0.717, 1.165) is 0 Å². The SMILES string of the molecule is CSc1ncc(Cl)c(C(=O)N[C@H](CCC(N)=O)C(=O)O)n1. The van der Waals surface area contributed by atoms with Gasteiger partial charge in [-0.15, -0.1) is 0 Å². The van der Waals surface area contributed by atoms with Gasteiger partial charge in [0, 0.05) is 6.42 Å². The smallest absolute Gasteiger partial charge is 0.326 e. The van der Waals surface area contributed by atoms with Crippen molar-refractivity contribution in [1.82, 2.24) is 15.3 Å². The molecule has 0 aromatic carbocycles. The summed E-state index contributed by atoms with van der Waals surface area (Å²) in [5.74, 6) is -2.69. The third-order valence-corrected chi connectivity index (χ3v) is 3.24. The van der Waals surface area contributed by atoms with E-state index in [1.165, 1.54) is 18.0 Å². The van der Waals surface area contributed by atoms with Crippen LogP contribution in [-0.4, -0.2) is 45.2 Å². The summed E-state index contributed by atoms with van der Waals surface area (Å²) >= 11 is 7.03. The minimum absolute atomic E-state index is 0.00402. The first-order chi connectivity index (χ1) is 9.85. The number of carbonyl (C=O) groups excluding carboxylic acids is 2. The number of primary amides is 1. The predicted octanol–water partition coefficient (Wildman–Crippen LogP) is 0.300. The number of carboxylic acids is 1. The molecule has 0 spiro atoms. The van der Waals surface area contributed by atoms with Gasteiger partial charge in [0.15, 0.2) is 10.9 Å². The van der Waals surface area contributed by atoms with E-state index >= 15 is 0 Å². The molecule has 1 rings (SSSR count). The molecule has 2 amide bonds. The van der Waals surface area contributed by atoms with Gasteiger partial charge in [0.05, 0.1) is 11.2 Å². The summed E-state index contributed by atoms with van der Waals surface area (Å²) in [5, 5.41) is 11.6. The Morgan fingerprint density at radius 2 is 2.19 bits per heavy atom. The van der Waals surface area contributed by atoms with Gasteiger partial charge < -0.3 is 16.2 Å². The normalized spacial score (nSPS) is 11.7. The van der Waals surface area contributed by atoms with Gasteiger partial charge in [0.1, 0.15) is 6.04 Å². The number of nitrogens with one attached hydrogen (secondary N) is 1. The molecule has 1 heterocycles. The summed E-state index contributed by atoms with van der Waals surface area (Å²) in [6, 6.07) is -1.26. The van der Waals surface area contributed by atoms with Crippen molar-refractivity contribution in [2.45, 2.75) is 24.0 Å². The van der Waals surface area contributed by atoms with Crippen molar-refractivity contribution in [2.75, 3.05) is 6.26 Å². The maximum atomic E-state index is 12.0. The molecule has 0 aliphatic rings. The van der Waals surface area contributed by atoms with Gasteiger partial charge in [-0.25, -0.2) is 14.8 Å². The van der Waals surface area contributed by atoms with Crippen LogP contribution in [0.3, 0.4) is 0 Å². The Kier molecular flexibility index (Phi) is 6.38. The number of halogens is 1. The standard InChI is InChI=1S/C11H13ClN4O4S/c1-21-11-14-4-5(12)8(16-11)9(18)15-6(10(19)20)2-3-7(13)17/h4,6H,2-3H2,1H3,(H2,13,17)(H,15,18)(H,19,20)/t6-/m1/s1. The van der Waals surface area contributed by atoms with Crippen molar-refractivity contribution in [3.63, 3.8) is 0 Å². The fourth-order valence-corrected chi connectivity index (χ4v) is 1.90. The van der Waals surface area contributed by atoms with E-state index in [1.54, 1.807) is 6.26 Å². The number of hydrogen-bond acceptors (Lipinski definition) is 6. The van der Waals surface area contributed by atoms with Crippen molar-refractivity contribution >= 4 is 41.1 Å². The van der Waals surface area contributed by atoms with Crippen LogP contribution in [0, 0.1) is 0 Å². The van der Waals surface area contributed by atoms with Gasteiger partial charge in [-0.1, -0.05) is 23.4 Å². The monoisotopic (exact) mass is 332 g/mol. The molecule has 0 aliphatic carbocycles. The van der Waals surface area contributed by atoms with E-state index in [4.69, 9.17) is 22.4 Å². The fraction of sp³-hybridized carbons (Fsp3) is 0.364. The molecule has 0 fully saturated rings. The Bertz CT molecular complexity index is 569. The zero-order chi connectivity index (χ0) is 16.0. The van der Waals surface area contributed by atoms with Crippen molar-refractivity contribution in [2.24, 2.45) is 5.73 Å². The number of nitrogens with zero attached hydrogens (tertiary/aromatic N) is 2. The Morgan fingerprint density at radius 1 is 1.52 bits per heavy atom. The lowest BCUT2D eigenvalue weighted by molar-refractivity contribution is -0.139. The second-order valence-corrected chi connectivity index (χ2v) is 5.10. The predicted molar refractivity (Wildman–Crippen MR) is 76.1 cm³/mol. The highest BCUT2D eigenvalue weighted by Gasteiger charge is 2.23. The number of rotatable bonds is 7. The number of thioether (sulfide) groups is 1. The highest BCUT2D eigenvalue weighted by molar-refractivity contribution is 7.98. The largest absolute Gasteiger partial charge is 0.480 e. The van der Waals surface area contributed by atoms with E-state index in [9.17, 15) is 14.4 Å². The lowest BCUT2D eigenvalue weighted by Crippen LogP contribution is -2.41. The second kappa shape index (κ2) is 7.79. The molecule has 1 atom stereocenters. The molecule has 8 nitrogen and oxygen atoms in total. The Morgan fingerprint density at radius 3 is 2.71 bits per heavy atom. The summed E-state index contributed by atoms with van der Waals surface area (Å²) in [5.41, 5.74) is 4.83. The van der Waals surface area contributed by atoms with E-state index in [2.05, 4.69) is 15.3 Å². The number of aliphatic carboxylic acids is 1. The number of aromatic nitrogens is 2. The van der Waals surface area contributed by atoms with Crippen molar-refractivity contribution in [1.29, 1.82) is 0 Å². The molecule has 0 radical (unpaired) electrons. The van der Waals surface area contributed by atoms with Crippen LogP contribution in [0.1, 0.15) is 23.3 Å². The zero-order valence-electron chi connectivity index (χ0n) is 11.0. The first-order valence-electron chi connectivity index (χ1n) is 5.73. The number of amides is 2. The molecule has 0 bridgehead atoms. The van der Waals surface area contributed by atoms with E-state index in [-0.39, 0.29) is 23.6 Å². The molecular formula is C11H13ClN4O4S. The average molecular weight is 333 g/mol. The molecule has 1 aromatic heterocycles. The van der Waals surface area contributed by atoms with Crippen LogP contribution in [0.5, 0.6) is 0 Å². The molecule has 21 heavy (non-hydrogen) atoms. The van der Waals surface area contributed by atoms with Crippen LogP contribution >= 0.6 is 23.4 Å². The van der Waals surface area contributed by atoms with Crippen molar-refractivity contribution in [3.8, 4) is 0 Å². The van der Waals surface area contributed by atoms with Crippen LogP contribution in [0.2, 0.25) is 5.02 Å². The minimum atomic E-state index is -1.28. The molecule has 10 heteroatoms. The van der Waals surface area contributed by atoms with Gasteiger partial charge in [0.2, 0.25) is 5.91 Å². The topological polar surface area (TPSA) is 135 Å². The maximum absolute atomic E-state index is 12.0. The third-order valence-electron chi connectivity index (χ3n) is 2.40. The zero-order valence-corrected chi connectivity index (χ0v) is 12.6. The molecule has 1 aromatic rings. The molecule has 0 saturated carbocycles. The third kappa shape index (κ3) is 5.20. The molecule has 0 saturated heterocycles. The molecule has 114 valence electrons. The maximum Gasteiger partial charge on any atom is 0.326 e. The highest BCUT2D eigenvalue weighted by atomic mass is 35.5.